The Morgan fingerprint density at radius 2 is 1.79 bits per heavy atom. The minimum absolute atomic E-state index is 0.0582. The number of carboxylic acid groups (broad SMARTS) is 1. The number of benzene rings is 2. The van der Waals surface area contributed by atoms with Gasteiger partial charge in [-0.2, -0.15) is 0 Å². The Balaban J connectivity index is 2.07. The number of fused-ring (bicyclic) bond motifs is 1. The summed E-state index contributed by atoms with van der Waals surface area (Å²) in [5.41, 5.74) is 1.89. The first-order valence-corrected chi connectivity index (χ1v) is 9.83. The molecular weight excluding hydrogens is 394 g/mol. The first-order valence-electron chi connectivity index (χ1n) is 7.55. The molecule has 2 N–H and O–H groups in total. The summed E-state index contributed by atoms with van der Waals surface area (Å²) in [5, 5.41) is 9.60. The summed E-state index contributed by atoms with van der Waals surface area (Å²) >= 11 is 3.22. The highest BCUT2D eigenvalue weighted by molar-refractivity contribution is 9.10. The largest absolute Gasteiger partial charge is 0.478 e. The van der Waals surface area contributed by atoms with E-state index >= 15 is 0 Å². The Morgan fingerprint density at radius 3 is 2.50 bits per heavy atom. The van der Waals surface area contributed by atoms with Gasteiger partial charge < -0.3 is 5.11 Å². The van der Waals surface area contributed by atoms with Crippen molar-refractivity contribution >= 4 is 37.6 Å². The smallest absolute Gasteiger partial charge is 0.338 e. The second-order valence-electron chi connectivity index (χ2n) is 5.67. The van der Waals surface area contributed by atoms with E-state index in [0.29, 0.717) is 10.9 Å². The summed E-state index contributed by atoms with van der Waals surface area (Å²) in [6, 6.07) is 9.78. The van der Waals surface area contributed by atoms with Crippen molar-refractivity contribution in [2.24, 2.45) is 0 Å². The van der Waals surface area contributed by atoms with Crippen molar-refractivity contribution in [1.82, 2.24) is 0 Å². The summed E-state index contributed by atoms with van der Waals surface area (Å²) in [6.45, 7) is 0. The second-order valence-corrected chi connectivity index (χ2v) is 8.18. The van der Waals surface area contributed by atoms with Crippen molar-refractivity contribution in [2.75, 3.05) is 4.72 Å². The van der Waals surface area contributed by atoms with Crippen LogP contribution in [0, 0.1) is 0 Å². The van der Waals surface area contributed by atoms with Gasteiger partial charge in [-0.15, -0.1) is 0 Å². The van der Waals surface area contributed by atoms with Gasteiger partial charge in [-0.05, 0) is 70.9 Å². The Kier molecular flexibility index (Phi) is 4.64. The third kappa shape index (κ3) is 3.18. The highest BCUT2D eigenvalue weighted by Crippen LogP contribution is 2.32. The lowest BCUT2D eigenvalue weighted by Crippen LogP contribution is -2.19. The number of sulfonamides is 1. The number of hydrogen-bond donors (Lipinski definition) is 2. The zero-order valence-electron chi connectivity index (χ0n) is 12.8. The molecule has 0 aliphatic heterocycles. The maximum Gasteiger partial charge on any atom is 0.338 e. The number of rotatable bonds is 4. The van der Waals surface area contributed by atoms with Gasteiger partial charge in [-0.1, -0.05) is 18.2 Å². The highest BCUT2D eigenvalue weighted by atomic mass is 79.9. The van der Waals surface area contributed by atoms with Gasteiger partial charge in [-0.25, -0.2) is 13.2 Å². The first kappa shape index (κ1) is 17.0. The molecule has 0 aromatic heterocycles. The molecule has 0 unspecified atom stereocenters. The van der Waals surface area contributed by atoms with Crippen LogP contribution in [0.3, 0.4) is 0 Å². The number of aromatic carboxylic acids is 1. The summed E-state index contributed by atoms with van der Waals surface area (Å²) in [7, 11) is -3.89. The molecule has 0 atom stereocenters. The molecule has 1 aliphatic rings. The predicted octanol–water partition coefficient (Wildman–Crippen LogP) is 3.83. The predicted molar refractivity (Wildman–Crippen MR) is 95.0 cm³/mol. The Hall–Kier alpha value is -1.86. The number of carboxylic acids is 1. The summed E-state index contributed by atoms with van der Waals surface area (Å²) in [6.07, 6.45) is 3.41. The van der Waals surface area contributed by atoms with Gasteiger partial charge in [0.25, 0.3) is 10.0 Å². The molecule has 2 aromatic rings. The van der Waals surface area contributed by atoms with Crippen molar-refractivity contribution < 1.29 is 18.3 Å². The number of carbonyl (C=O) groups is 1. The summed E-state index contributed by atoms with van der Waals surface area (Å²) in [4.78, 5) is 11.8. The molecule has 0 bridgehead atoms. The number of aryl methyl sites for hydroxylation is 1. The average molecular weight is 410 g/mol. The second kappa shape index (κ2) is 6.57. The van der Waals surface area contributed by atoms with Crippen LogP contribution in [0.2, 0.25) is 0 Å². The van der Waals surface area contributed by atoms with Crippen molar-refractivity contribution in [2.45, 2.75) is 30.6 Å². The molecule has 0 fully saturated rings. The molecule has 0 saturated heterocycles. The molecule has 1 aliphatic carbocycles. The molecule has 5 nitrogen and oxygen atoms in total. The van der Waals surface area contributed by atoms with Crippen LogP contribution in [0.5, 0.6) is 0 Å². The van der Waals surface area contributed by atoms with Gasteiger partial charge in [0.2, 0.25) is 0 Å². The number of hydrogen-bond acceptors (Lipinski definition) is 3. The van der Waals surface area contributed by atoms with E-state index in [1.807, 2.05) is 6.07 Å². The molecule has 7 heteroatoms. The molecule has 0 heterocycles. The zero-order chi connectivity index (χ0) is 17.3. The van der Waals surface area contributed by atoms with Crippen molar-refractivity contribution in [3.05, 3.63) is 57.6 Å². The molecular formula is C17H16BrNO4S. The third-order valence-electron chi connectivity index (χ3n) is 4.12. The summed E-state index contributed by atoms with van der Waals surface area (Å²) < 4.78 is 28.1. The first-order chi connectivity index (χ1) is 11.4. The normalized spacial score (nSPS) is 14.0. The third-order valence-corrected chi connectivity index (χ3v) is 6.49. The van der Waals surface area contributed by atoms with Crippen LogP contribution < -0.4 is 4.72 Å². The van der Waals surface area contributed by atoms with E-state index in [9.17, 15) is 18.3 Å². The molecule has 2 aromatic carbocycles. The van der Waals surface area contributed by atoms with Crippen LogP contribution in [0.1, 0.15) is 34.3 Å². The van der Waals surface area contributed by atoms with E-state index < -0.39 is 16.0 Å². The van der Waals surface area contributed by atoms with Gasteiger partial charge in [-0.3, -0.25) is 4.72 Å². The quantitative estimate of drug-likeness (QED) is 0.803. The van der Waals surface area contributed by atoms with E-state index in [0.717, 1.165) is 30.4 Å². The topological polar surface area (TPSA) is 83.5 Å². The van der Waals surface area contributed by atoms with Gasteiger partial charge in [0, 0.05) is 4.47 Å². The monoisotopic (exact) mass is 409 g/mol. The fourth-order valence-corrected chi connectivity index (χ4v) is 5.10. The molecule has 126 valence electrons. The van der Waals surface area contributed by atoms with Gasteiger partial charge in [0.15, 0.2) is 0 Å². The lowest BCUT2D eigenvalue weighted by molar-refractivity contribution is 0.0696. The molecule has 0 amide bonds. The maximum absolute atomic E-state index is 12.6. The molecule has 24 heavy (non-hydrogen) atoms. The lowest BCUT2D eigenvalue weighted by atomic mass is 9.87. The van der Waals surface area contributed by atoms with Crippen molar-refractivity contribution in [3.8, 4) is 0 Å². The SMILES string of the molecule is O=C(O)c1c(NS(=O)(=O)c2ccccc2Br)ccc2c1CCCC2. The molecule has 0 spiro atoms. The number of nitrogens with one attached hydrogen (secondary N) is 1. The maximum atomic E-state index is 12.6. The lowest BCUT2D eigenvalue weighted by Gasteiger charge is -2.21. The van der Waals surface area contributed by atoms with Gasteiger partial charge in [0.1, 0.15) is 4.90 Å². The van der Waals surface area contributed by atoms with Gasteiger partial charge in [0.05, 0.1) is 11.3 Å². The fraction of sp³-hybridized carbons (Fsp3) is 0.235. The van der Waals surface area contributed by atoms with Crippen LogP contribution in [-0.2, 0) is 22.9 Å². The van der Waals surface area contributed by atoms with Crippen LogP contribution >= 0.6 is 15.9 Å². The molecule has 3 rings (SSSR count). The number of halogens is 1. The van der Waals surface area contributed by atoms with E-state index in [1.165, 1.54) is 6.07 Å². The average Bonchev–Trinajstić information content (AvgIpc) is 2.54. The summed E-state index contributed by atoms with van der Waals surface area (Å²) in [5.74, 6) is -1.11. The zero-order valence-corrected chi connectivity index (χ0v) is 15.2. The molecule has 0 radical (unpaired) electrons. The minimum Gasteiger partial charge on any atom is -0.478 e. The van der Waals surface area contributed by atoms with Crippen LogP contribution in [0.4, 0.5) is 5.69 Å². The van der Waals surface area contributed by atoms with E-state index in [1.54, 1.807) is 24.3 Å². The van der Waals surface area contributed by atoms with E-state index in [-0.39, 0.29) is 16.1 Å². The van der Waals surface area contributed by atoms with Crippen LogP contribution in [0.25, 0.3) is 0 Å². The Bertz CT molecular complexity index is 909. The van der Waals surface area contributed by atoms with Crippen molar-refractivity contribution in [1.29, 1.82) is 0 Å². The standard InChI is InChI=1S/C17H16BrNO4S/c18-13-7-3-4-8-15(13)24(22,23)19-14-10-9-11-5-1-2-6-12(11)16(14)17(20)21/h3-4,7-10,19H,1-2,5-6H2,(H,20,21). The van der Waals surface area contributed by atoms with E-state index in [2.05, 4.69) is 20.7 Å². The van der Waals surface area contributed by atoms with Crippen molar-refractivity contribution in [3.63, 3.8) is 0 Å². The van der Waals surface area contributed by atoms with Crippen LogP contribution in [-0.4, -0.2) is 19.5 Å². The number of anilines is 1. The van der Waals surface area contributed by atoms with Gasteiger partial charge >= 0.3 is 5.97 Å². The fourth-order valence-electron chi connectivity index (χ4n) is 3.02. The Morgan fingerprint density at radius 1 is 1.08 bits per heavy atom. The minimum atomic E-state index is -3.89. The molecule has 0 saturated carbocycles. The van der Waals surface area contributed by atoms with Crippen LogP contribution in [0.15, 0.2) is 45.8 Å². The van der Waals surface area contributed by atoms with E-state index in [4.69, 9.17) is 0 Å². The Labute approximate surface area is 148 Å². The highest BCUT2D eigenvalue weighted by Gasteiger charge is 2.25.